The first-order valence-electron chi connectivity index (χ1n) is 3.99. The normalized spacial score (nSPS) is 17.3. The fraction of sp³-hybridized carbons (Fsp3) is 0.857. The Labute approximate surface area is 86.1 Å². The Morgan fingerprint density at radius 3 is 1.93 bits per heavy atom. The van der Waals surface area contributed by atoms with Crippen molar-refractivity contribution in [1.82, 2.24) is 0 Å². The molecule has 0 saturated heterocycles. The van der Waals surface area contributed by atoms with Crippen LogP contribution in [0.1, 0.15) is 6.42 Å². The highest BCUT2D eigenvalue weighted by molar-refractivity contribution is 5.65. The van der Waals surface area contributed by atoms with Gasteiger partial charge in [0.1, 0.15) is 0 Å². The highest BCUT2D eigenvalue weighted by Crippen LogP contribution is 2.29. The lowest BCUT2D eigenvalue weighted by Crippen LogP contribution is -2.71. The van der Waals surface area contributed by atoms with E-state index in [2.05, 4.69) is 4.89 Å². The molecule has 0 heterocycles. The van der Waals surface area contributed by atoms with Gasteiger partial charge in [0.15, 0.2) is 0 Å². The van der Waals surface area contributed by atoms with Crippen molar-refractivity contribution in [1.29, 1.82) is 0 Å². The number of quaternary nitrogens is 1. The molecular weight excluding hydrogens is 210 g/mol. The highest BCUT2D eigenvalue weighted by Gasteiger charge is 2.61. The van der Waals surface area contributed by atoms with Gasteiger partial charge in [0.05, 0.1) is 27.6 Å². The zero-order valence-electron chi connectivity index (χ0n) is 8.67. The third-order valence-corrected chi connectivity index (χ3v) is 1.99. The largest absolute Gasteiger partial charge is 0.550 e. The van der Waals surface area contributed by atoms with E-state index in [1.807, 2.05) is 0 Å². The Morgan fingerprint density at radius 2 is 1.73 bits per heavy atom. The summed E-state index contributed by atoms with van der Waals surface area (Å²) in [5.74, 6) is -7.92. The van der Waals surface area contributed by atoms with Gasteiger partial charge in [-0.15, -0.1) is 0 Å². The van der Waals surface area contributed by atoms with Crippen LogP contribution in [0.25, 0.3) is 0 Å². The number of carboxylic acids is 1. The number of carboxylic acid groups (broad SMARTS) is 1. The number of hydrogen-bond donors (Lipinski definition) is 4. The predicted octanol–water partition coefficient (Wildman–Crippen LogP) is -3.35. The molecule has 0 fully saturated rings. The number of nitrogens with zero attached hydrogens (tertiary/aromatic N) is 1. The number of carbonyl (C=O) groups is 1. The predicted molar refractivity (Wildman–Crippen MR) is 43.5 cm³/mol. The number of hydrogen-bond acceptors (Lipinski definition) is 7. The average molecular weight is 225 g/mol. The molecule has 0 aliphatic rings. The lowest BCUT2D eigenvalue weighted by Gasteiger charge is -2.44. The van der Waals surface area contributed by atoms with Gasteiger partial charge in [-0.3, -0.25) is 4.48 Å². The zero-order valence-corrected chi connectivity index (χ0v) is 8.67. The van der Waals surface area contributed by atoms with Crippen LogP contribution in [-0.2, 0) is 9.68 Å². The minimum Gasteiger partial charge on any atom is -0.550 e. The maximum atomic E-state index is 10.3. The molecule has 90 valence electrons. The van der Waals surface area contributed by atoms with Crippen molar-refractivity contribution in [3.05, 3.63) is 0 Å². The molecule has 0 aromatic rings. The number of carbonyl (C=O) groups excluding carboxylic acids is 1. The van der Waals surface area contributed by atoms with E-state index in [0.29, 0.717) is 0 Å². The Morgan fingerprint density at radius 1 is 1.33 bits per heavy atom. The van der Waals surface area contributed by atoms with Crippen LogP contribution < -0.4 is 5.11 Å². The molecule has 0 aliphatic heterocycles. The molecule has 1 unspecified atom stereocenters. The Hall–Kier alpha value is -0.770. The van der Waals surface area contributed by atoms with E-state index in [1.54, 1.807) is 0 Å². The topological polar surface area (TPSA) is 130 Å². The monoisotopic (exact) mass is 225 g/mol. The lowest BCUT2D eigenvalue weighted by molar-refractivity contribution is -0.997. The van der Waals surface area contributed by atoms with Crippen LogP contribution in [0.3, 0.4) is 0 Å². The van der Waals surface area contributed by atoms with Crippen molar-refractivity contribution in [3.63, 3.8) is 0 Å². The second kappa shape index (κ2) is 4.00. The van der Waals surface area contributed by atoms with E-state index in [0.717, 1.165) is 0 Å². The lowest BCUT2D eigenvalue weighted by atomic mass is 10.1. The van der Waals surface area contributed by atoms with Gasteiger partial charge in [-0.1, -0.05) is 0 Å². The molecule has 4 N–H and O–H groups in total. The third kappa shape index (κ3) is 2.62. The standard InChI is InChI=1S/C7H15NO7/c1-8(2,3)7(12,13)6(11,15-14)4-5(9)10/h11-13H,4H2,1-3H3,(H-,9,10,14). The van der Waals surface area contributed by atoms with Crippen LogP contribution in [0.15, 0.2) is 0 Å². The second-order valence-electron chi connectivity index (χ2n) is 4.07. The summed E-state index contributed by atoms with van der Waals surface area (Å²) in [6.07, 6.45) is -1.30. The maximum Gasteiger partial charge on any atom is 0.373 e. The van der Waals surface area contributed by atoms with Gasteiger partial charge in [-0.25, -0.2) is 5.26 Å². The van der Waals surface area contributed by atoms with Crippen molar-refractivity contribution >= 4 is 5.97 Å². The number of aliphatic carboxylic acids is 1. The Kier molecular flexibility index (Phi) is 3.80. The molecule has 0 saturated carbocycles. The van der Waals surface area contributed by atoms with Crippen LogP contribution in [0.5, 0.6) is 0 Å². The van der Waals surface area contributed by atoms with Crippen molar-refractivity contribution < 1.29 is 39.8 Å². The fourth-order valence-corrected chi connectivity index (χ4v) is 0.932. The molecular formula is C7H15NO7. The molecule has 0 amide bonds. The molecule has 0 radical (unpaired) electrons. The molecule has 15 heavy (non-hydrogen) atoms. The van der Waals surface area contributed by atoms with Gasteiger partial charge >= 0.3 is 11.7 Å². The van der Waals surface area contributed by atoms with Gasteiger partial charge in [-0.05, 0) is 0 Å². The Bertz CT molecular complexity index is 246. The molecule has 1 atom stereocenters. The molecule has 0 aliphatic carbocycles. The average Bonchev–Trinajstić information content (AvgIpc) is 2.00. The summed E-state index contributed by atoms with van der Waals surface area (Å²) < 4.78 is -0.683. The quantitative estimate of drug-likeness (QED) is 0.166. The van der Waals surface area contributed by atoms with E-state index in [1.165, 1.54) is 21.1 Å². The van der Waals surface area contributed by atoms with Crippen molar-refractivity contribution in [2.45, 2.75) is 18.1 Å². The van der Waals surface area contributed by atoms with Crippen LogP contribution in [0.2, 0.25) is 0 Å². The van der Waals surface area contributed by atoms with Crippen LogP contribution >= 0.6 is 0 Å². The molecule has 0 rings (SSSR count). The Balaban J connectivity index is 5.18. The van der Waals surface area contributed by atoms with E-state index in [-0.39, 0.29) is 0 Å². The summed E-state index contributed by atoms with van der Waals surface area (Å²) in [5, 5.41) is 47.1. The zero-order chi connectivity index (χ0) is 12.5. The molecule has 0 aromatic carbocycles. The summed E-state index contributed by atoms with van der Waals surface area (Å²) in [6, 6.07) is 0. The smallest absolute Gasteiger partial charge is 0.373 e. The SMILES string of the molecule is C[N+](C)(C)C(O)(O)C(O)(CC(=O)[O-])OO. The molecule has 8 heteroatoms. The first-order valence-corrected chi connectivity index (χ1v) is 3.99. The van der Waals surface area contributed by atoms with Gasteiger partial charge < -0.3 is 25.2 Å². The van der Waals surface area contributed by atoms with Gasteiger partial charge in [-0.2, -0.15) is 4.89 Å². The second-order valence-corrected chi connectivity index (χ2v) is 4.07. The van der Waals surface area contributed by atoms with Crippen molar-refractivity contribution in [2.75, 3.05) is 21.1 Å². The van der Waals surface area contributed by atoms with Crippen LogP contribution in [-0.4, -0.2) is 63.9 Å². The molecule has 8 nitrogen and oxygen atoms in total. The first kappa shape index (κ1) is 14.2. The number of likely N-dealkylation sites (N-methyl/N-ethyl adjacent to an activating group) is 1. The first-order chi connectivity index (χ1) is 6.48. The summed E-state index contributed by atoms with van der Waals surface area (Å²) in [5.41, 5.74) is 0. The van der Waals surface area contributed by atoms with E-state index in [4.69, 9.17) is 5.26 Å². The van der Waals surface area contributed by atoms with Crippen molar-refractivity contribution in [2.24, 2.45) is 0 Å². The third-order valence-electron chi connectivity index (χ3n) is 1.99. The van der Waals surface area contributed by atoms with Gasteiger partial charge in [0.25, 0.3) is 0 Å². The molecule has 0 spiro atoms. The minimum absolute atomic E-state index is 0.683. The minimum atomic E-state index is -3.08. The highest BCUT2D eigenvalue weighted by atomic mass is 17.1. The van der Waals surface area contributed by atoms with Gasteiger partial charge in [0, 0.05) is 5.97 Å². The summed E-state index contributed by atoms with van der Waals surface area (Å²) in [4.78, 5) is 13.7. The summed E-state index contributed by atoms with van der Waals surface area (Å²) in [7, 11) is 3.75. The molecule has 0 bridgehead atoms. The van der Waals surface area contributed by atoms with E-state index >= 15 is 0 Å². The molecule has 0 aromatic heterocycles. The van der Waals surface area contributed by atoms with Crippen LogP contribution in [0, 0.1) is 0 Å². The van der Waals surface area contributed by atoms with Crippen LogP contribution in [0.4, 0.5) is 0 Å². The van der Waals surface area contributed by atoms with E-state index < -0.39 is 28.6 Å². The van der Waals surface area contributed by atoms with Gasteiger partial charge in [0.2, 0.25) is 0 Å². The number of rotatable bonds is 5. The van der Waals surface area contributed by atoms with E-state index in [9.17, 15) is 25.2 Å². The fourth-order valence-electron chi connectivity index (χ4n) is 0.932. The van der Waals surface area contributed by atoms with Crippen molar-refractivity contribution in [3.8, 4) is 0 Å². The summed E-state index contributed by atoms with van der Waals surface area (Å²) >= 11 is 0. The maximum absolute atomic E-state index is 10.3. The number of aliphatic hydroxyl groups is 3. The summed E-state index contributed by atoms with van der Waals surface area (Å²) in [6.45, 7) is 0.